The molecule has 0 bridgehead atoms. The fourth-order valence-electron chi connectivity index (χ4n) is 3.80. The number of nitrogens with zero attached hydrogens (tertiary/aromatic N) is 4. The number of rotatable bonds is 2. The lowest BCUT2D eigenvalue weighted by molar-refractivity contribution is -0.116. The van der Waals surface area contributed by atoms with Crippen LogP contribution in [0.1, 0.15) is 35.2 Å². The van der Waals surface area contributed by atoms with Crippen LogP contribution in [0.2, 0.25) is 0 Å². The van der Waals surface area contributed by atoms with Crippen LogP contribution in [0.15, 0.2) is 53.3 Å². The summed E-state index contributed by atoms with van der Waals surface area (Å²) in [6.45, 7) is 0. The van der Waals surface area contributed by atoms with E-state index in [2.05, 4.69) is 26.4 Å². The molecule has 0 saturated heterocycles. The Kier molecular flexibility index (Phi) is 3.39. The highest BCUT2D eigenvalue weighted by molar-refractivity contribution is 7.10. The predicted octanol–water partition coefficient (Wildman–Crippen LogP) is 2.73. The van der Waals surface area contributed by atoms with Gasteiger partial charge in [-0.15, -0.1) is 16.4 Å². The maximum atomic E-state index is 13.1. The SMILES string of the molecule is Nc1nc2n(n1)C(c1cccnc1)C1=C(CC(c3cccs3)CC1=O)N2. The highest BCUT2D eigenvalue weighted by Gasteiger charge is 2.39. The molecule has 2 unspecified atom stereocenters. The molecule has 2 atom stereocenters. The number of nitrogen functional groups attached to an aromatic ring is 1. The van der Waals surface area contributed by atoms with Gasteiger partial charge in [-0.1, -0.05) is 12.1 Å². The van der Waals surface area contributed by atoms with E-state index in [0.29, 0.717) is 12.4 Å². The van der Waals surface area contributed by atoms with Gasteiger partial charge < -0.3 is 11.1 Å². The number of hydrogen-bond donors (Lipinski definition) is 2. The Hall–Kier alpha value is -3.00. The van der Waals surface area contributed by atoms with Gasteiger partial charge in [-0.05, 0) is 29.5 Å². The Bertz CT molecular complexity index is 1010. The van der Waals surface area contributed by atoms with Crippen molar-refractivity contribution in [3.8, 4) is 0 Å². The third-order valence-corrected chi connectivity index (χ3v) is 5.92. The predicted molar refractivity (Wildman–Crippen MR) is 98.8 cm³/mol. The molecule has 0 aromatic carbocycles. The maximum absolute atomic E-state index is 13.1. The van der Waals surface area contributed by atoms with E-state index in [-0.39, 0.29) is 23.7 Å². The number of pyridine rings is 1. The first kappa shape index (κ1) is 15.3. The van der Waals surface area contributed by atoms with Gasteiger partial charge in [0.2, 0.25) is 11.9 Å². The number of Topliss-reactive ketones (excluding diaryl/α,β-unsaturated/α-hetero) is 1. The van der Waals surface area contributed by atoms with Crippen molar-refractivity contribution in [2.75, 3.05) is 11.1 Å². The second-order valence-electron chi connectivity index (χ2n) is 6.49. The van der Waals surface area contributed by atoms with Gasteiger partial charge in [-0.3, -0.25) is 9.78 Å². The molecule has 1 aliphatic heterocycles. The van der Waals surface area contributed by atoms with Gasteiger partial charge in [0.05, 0.1) is 0 Å². The lowest BCUT2D eigenvalue weighted by Crippen LogP contribution is -2.33. The quantitative estimate of drug-likeness (QED) is 0.725. The Balaban J connectivity index is 1.64. The van der Waals surface area contributed by atoms with Crippen LogP contribution in [0.4, 0.5) is 11.9 Å². The number of carbonyl (C=O) groups excluding carboxylic acids is 1. The molecule has 8 heteroatoms. The Morgan fingerprint density at radius 2 is 2.19 bits per heavy atom. The zero-order chi connectivity index (χ0) is 17.7. The molecule has 7 nitrogen and oxygen atoms in total. The molecule has 0 spiro atoms. The summed E-state index contributed by atoms with van der Waals surface area (Å²) in [4.78, 5) is 22.9. The van der Waals surface area contributed by atoms with Crippen molar-refractivity contribution >= 4 is 29.0 Å². The van der Waals surface area contributed by atoms with Gasteiger partial charge in [-0.2, -0.15) is 4.98 Å². The van der Waals surface area contributed by atoms with Gasteiger partial charge in [0.25, 0.3) is 0 Å². The molecule has 0 radical (unpaired) electrons. The van der Waals surface area contributed by atoms with Gasteiger partial charge in [-0.25, -0.2) is 4.68 Å². The topological polar surface area (TPSA) is 98.7 Å². The molecule has 4 heterocycles. The molecule has 2 aliphatic rings. The van der Waals surface area contributed by atoms with Crippen LogP contribution < -0.4 is 11.1 Å². The summed E-state index contributed by atoms with van der Waals surface area (Å²) in [5.41, 5.74) is 8.38. The van der Waals surface area contributed by atoms with E-state index >= 15 is 0 Å². The first-order valence-electron chi connectivity index (χ1n) is 8.39. The van der Waals surface area contributed by atoms with Crippen LogP contribution in [0.5, 0.6) is 0 Å². The van der Waals surface area contributed by atoms with Crippen LogP contribution in [-0.4, -0.2) is 25.5 Å². The lowest BCUT2D eigenvalue weighted by Gasteiger charge is -2.34. The van der Waals surface area contributed by atoms with Gasteiger partial charge in [0.1, 0.15) is 6.04 Å². The molecule has 1 aliphatic carbocycles. The van der Waals surface area contributed by atoms with E-state index in [1.54, 1.807) is 28.4 Å². The first-order valence-corrected chi connectivity index (χ1v) is 9.27. The van der Waals surface area contributed by atoms with Crippen LogP contribution in [0.25, 0.3) is 0 Å². The summed E-state index contributed by atoms with van der Waals surface area (Å²) in [6.07, 6.45) is 4.75. The number of nitrogens with one attached hydrogen (secondary N) is 1. The standard InChI is InChI=1S/C18H16N6OS/c19-17-22-18-21-12-7-11(14-4-2-6-26-14)8-13(25)15(12)16(24(18)23-17)10-3-1-5-20-9-10/h1-6,9,11,16H,7-8H2,(H3,19,21,22,23). The number of nitrogens with two attached hydrogens (primary N) is 1. The third kappa shape index (κ3) is 2.33. The fraction of sp³-hybridized carbons (Fsp3) is 0.222. The summed E-state index contributed by atoms with van der Waals surface area (Å²) in [6, 6.07) is 7.58. The van der Waals surface area contributed by atoms with E-state index < -0.39 is 0 Å². The minimum Gasteiger partial charge on any atom is -0.366 e. The van der Waals surface area contributed by atoms with Gasteiger partial charge >= 0.3 is 0 Å². The molecule has 3 aromatic heterocycles. The van der Waals surface area contributed by atoms with E-state index in [1.807, 2.05) is 23.6 Å². The number of thiophene rings is 1. The summed E-state index contributed by atoms with van der Waals surface area (Å²) in [7, 11) is 0. The van der Waals surface area contributed by atoms with Crippen molar-refractivity contribution in [3.05, 3.63) is 63.7 Å². The summed E-state index contributed by atoms with van der Waals surface area (Å²) in [5.74, 6) is 1.07. The normalized spacial score (nSPS) is 21.9. The monoisotopic (exact) mass is 364 g/mol. The van der Waals surface area contributed by atoms with Gasteiger partial charge in [0.15, 0.2) is 5.78 Å². The van der Waals surface area contributed by atoms with Crippen molar-refractivity contribution in [2.24, 2.45) is 0 Å². The molecule has 26 heavy (non-hydrogen) atoms. The van der Waals surface area contributed by atoms with E-state index in [0.717, 1.165) is 23.3 Å². The number of allylic oxidation sites excluding steroid dienone is 2. The van der Waals surface area contributed by atoms with Crippen molar-refractivity contribution in [1.29, 1.82) is 0 Å². The molecule has 0 amide bonds. The minimum absolute atomic E-state index is 0.130. The van der Waals surface area contributed by atoms with Crippen LogP contribution in [0, 0.1) is 0 Å². The molecule has 3 aromatic rings. The minimum atomic E-state index is -0.350. The summed E-state index contributed by atoms with van der Waals surface area (Å²) >= 11 is 1.69. The number of hydrogen-bond acceptors (Lipinski definition) is 7. The smallest absolute Gasteiger partial charge is 0.241 e. The van der Waals surface area contributed by atoms with Crippen LogP contribution in [0.3, 0.4) is 0 Å². The average Bonchev–Trinajstić information content (AvgIpc) is 3.29. The van der Waals surface area contributed by atoms with E-state index in [4.69, 9.17) is 5.73 Å². The zero-order valence-corrected chi connectivity index (χ0v) is 14.6. The Morgan fingerprint density at radius 3 is 2.96 bits per heavy atom. The highest BCUT2D eigenvalue weighted by atomic mass is 32.1. The second-order valence-corrected chi connectivity index (χ2v) is 7.47. The molecule has 0 fully saturated rings. The van der Waals surface area contributed by atoms with Crippen molar-refractivity contribution in [3.63, 3.8) is 0 Å². The number of ketones is 1. The van der Waals surface area contributed by atoms with Crippen molar-refractivity contribution in [1.82, 2.24) is 19.7 Å². The van der Waals surface area contributed by atoms with Crippen molar-refractivity contribution in [2.45, 2.75) is 24.8 Å². The van der Waals surface area contributed by atoms with E-state index in [9.17, 15) is 4.79 Å². The fourth-order valence-corrected chi connectivity index (χ4v) is 4.63. The number of anilines is 2. The summed E-state index contributed by atoms with van der Waals surface area (Å²) in [5, 5.41) is 9.66. The zero-order valence-electron chi connectivity index (χ0n) is 13.8. The maximum Gasteiger partial charge on any atom is 0.241 e. The largest absolute Gasteiger partial charge is 0.366 e. The lowest BCUT2D eigenvalue weighted by atomic mass is 9.80. The molecule has 0 saturated carbocycles. The molecule has 3 N–H and O–H groups in total. The highest BCUT2D eigenvalue weighted by Crippen LogP contribution is 2.44. The van der Waals surface area contributed by atoms with Gasteiger partial charge in [0, 0.05) is 40.9 Å². The Morgan fingerprint density at radius 1 is 1.27 bits per heavy atom. The average molecular weight is 364 g/mol. The molecule has 5 rings (SSSR count). The van der Waals surface area contributed by atoms with Crippen LogP contribution >= 0.6 is 11.3 Å². The summed E-state index contributed by atoms with van der Waals surface area (Å²) < 4.78 is 1.69. The molecular formula is C18H16N6OS. The first-order chi connectivity index (χ1) is 12.7. The molecule has 130 valence electrons. The second kappa shape index (κ2) is 5.77. The number of fused-ring (bicyclic) bond motifs is 1. The number of carbonyl (C=O) groups is 1. The Labute approximate surface area is 153 Å². The number of aromatic nitrogens is 4. The third-order valence-electron chi connectivity index (χ3n) is 4.88. The van der Waals surface area contributed by atoms with E-state index in [1.165, 1.54) is 4.88 Å². The van der Waals surface area contributed by atoms with Crippen LogP contribution in [-0.2, 0) is 4.79 Å². The van der Waals surface area contributed by atoms with Crippen molar-refractivity contribution < 1.29 is 4.79 Å². The molecular weight excluding hydrogens is 348 g/mol.